The smallest absolute Gasteiger partial charge is 0.191 e. The molecule has 0 atom stereocenters. The van der Waals surface area contributed by atoms with Gasteiger partial charge in [0.05, 0.1) is 10.2 Å². The molecule has 5 nitrogen and oxygen atoms in total. The van der Waals surface area contributed by atoms with Crippen molar-refractivity contribution in [2.45, 2.75) is 6.54 Å². The van der Waals surface area contributed by atoms with E-state index in [1.165, 1.54) is 16.8 Å². The third kappa shape index (κ3) is 4.90. The molecule has 25 heavy (non-hydrogen) atoms. The molecular weight excluding hydrogens is 337 g/mol. The highest BCUT2D eigenvalue weighted by Crippen LogP contribution is 2.24. The van der Waals surface area contributed by atoms with Crippen molar-refractivity contribution in [2.24, 2.45) is 4.99 Å². The van der Waals surface area contributed by atoms with Gasteiger partial charge in [-0.05, 0) is 29.8 Å². The Labute approximate surface area is 150 Å². The zero-order chi connectivity index (χ0) is 17.5. The molecule has 3 rings (SSSR count). The second-order valence-corrected chi connectivity index (χ2v) is 6.42. The average Bonchev–Trinajstić information content (AvgIpc) is 3.05. The molecule has 3 N–H and O–H groups in total. The van der Waals surface area contributed by atoms with Crippen LogP contribution in [0.3, 0.4) is 0 Å². The lowest BCUT2D eigenvalue weighted by Crippen LogP contribution is -2.39. The topological polar surface area (TPSA) is 61.3 Å². The Kier molecular flexibility index (Phi) is 5.79. The van der Waals surface area contributed by atoms with Crippen LogP contribution in [0.4, 0.5) is 9.52 Å². The molecule has 0 aliphatic rings. The molecule has 0 saturated carbocycles. The van der Waals surface area contributed by atoms with E-state index in [1.807, 2.05) is 18.2 Å². The maximum atomic E-state index is 12.9. The van der Waals surface area contributed by atoms with Crippen LogP contribution in [-0.4, -0.2) is 31.1 Å². The van der Waals surface area contributed by atoms with Crippen LogP contribution in [0.15, 0.2) is 53.5 Å². The van der Waals surface area contributed by atoms with E-state index in [1.54, 1.807) is 30.5 Å². The van der Waals surface area contributed by atoms with Crippen molar-refractivity contribution < 1.29 is 4.39 Å². The zero-order valence-corrected chi connectivity index (χ0v) is 14.7. The van der Waals surface area contributed by atoms with Crippen molar-refractivity contribution in [3.8, 4) is 0 Å². The number of rotatable bonds is 6. The molecule has 1 heterocycles. The van der Waals surface area contributed by atoms with Crippen molar-refractivity contribution in [1.29, 1.82) is 0 Å². The summed E-state index contributed by atoms with van der Waals surface area (Å²) in [6.07, 6.45) is 0. The van der Waals surface area contributed by atoms with Gasteiger partial charge in [0.2, 0.25) is 0 Å². The Morgan fingerprint density at radius 3 is 2.64 bits per heavy atom. The molecule has 130 valence electrons. The highest BCUT2D eigenvalue weighted by atomic mass is 32.1. The van der Waals surface area contributed by atoms with Gasteiger partial charge in [0, 0.05) is 26.7 Å². The van der Waals surface area contributed by atoms with Crippen LogP contribution in [0.1, 0.15) is 5.56 Å². The number of nitrogens with zero attached hydrogens (tertiary/aromatic N) is 2. The van der Waals surface area contributed by atoms with Crippen molar-refractivity contribution in [3.63, 3.8) is 0 Å². The largest absolute Gasteiger partial charge is 0.360 e. The summed E-state index contributed by atoms with van der Waals surface area (Å²) in [6, 6.07) is 14.5. The Morgan fingerprint density at radius 2 is 1.88 bits per heavy atom. The first-order valence-electron chi connectivity index (χ1n) is 8.03. The van der Waals surface area contributed by atoms with E-state index >= 15 is 0 Å². The summed E-state index contributed by atoms with van der Waals surface area (Å²) in [5.74, 6) is 0.475. The van der Waals surface area contributed by atoms with E-state index in [4.69, 9.17) is 0 Å². The number of hydrogen-bond acceptors (Lipinski definition) is 4. The number of aliphatic imine (C=N–C) groups is 1. The molecule has 3 aromatic rings. The van der Waals surface area contributed by atoms with Crippen molar-refractivity contribution in [1.82, 2.24) is 15.6 Å². The normalized spacial score (nSPS) is 11.5. The summed E-state index contributed by atoms with van der Waals surface area (Å²) in [6.45, 7) is 2.03. The van der Waals surface area contributed by atoms with Crippen molar-refractivity contribution in [2.75, 3.05) is 25.5 Å². The van der Waals surface area contributed by atoms with Gasteiger partial charge in [0.25, 0.3) is 0 Å². The van der Waals surface area contributed by atoms with Crippen LogP contribution in [0.2, 0.25) is 0 Å². The molecule has 0 saturated heterocycles. The number of thiazole rings is 1. The van der Waals surface area contributed by atoms with Gasteiger partial charge in [-0.1, -0.05) is 35.6 Å². The van der Waals surface area contributed by atoms with Gasteiger partial charge in [0.1, 0.15) is 5.82 Å². The van der Waals surface area contributed by atoms with Crippen LogP contribution in [0, 0.1) is 5.82 Å². The second kappa shape index (κ2) is 8.43. The predicted octanol–water partition coefficient (Wildman–Crippen LogP) is 3.21. The molecule has 0 aliphatic heterocycles. The number of para-hydroxylation sites is 1. The SMILES string of the molecule is CN=C(NCCNc1nc2ccccc2s1)NCc1ccc(F)cc1. The lowest BCUT2D eigenvalue weighted by atomic mass is 10.2. The molecule has 0 unspecified atom stereocenters. The van der Waals surface area contributed by atoms with Crippen LogP contribution in [0.5, 0.6) is 0 Å². The monoisotopic (exact) mass is 357 g/mol. The van der Waals surface area contributed by atoms with Gasteiger partial charge in [-0.2, -0.15) is 0 Å². The Hall–Kier alpha value is -2.67. The first-order chi connectivity index (χ1) is 12.2. The standard InChI is InChI=1S/C18H20FN5S/c1-20-17(23-12-13-6-8-14(19)9-7-13)21-10-11-22-18-24-15-4-2-3-5-16(15)25-18/h2-9H,10-12H2,1H3,(H,22,24)(H2,20,21,23). The molecule has 0 amide bonds. The number of fused-ring (bicyclic) bond motifs is 1. The summed E-state index contributed by atoms with van der Waals surface area (Å²) >= 11 is 1.64. The molecule has 0 spiro atoms. The van der Waals surface area contributed by atoms with E-state index in [-0.39, 0.29) is 5.82 Å². The Morgan fingerprint density at radius 1 is 1.08 bits per heavy atom. The second-order valence-electron chi connectivity index (χ2n) is 5.39. The summed E-state index contributed by atoms with van der Waals surface area (Å²) in [5, 5.41) is 10.7. The fraction of sp³-hybridized carbons (Fsp3) is 0.222. The Balaban J connectivity index is 1.41. The fourth-order valence-electron chi connectivity index (χ4n) is 2.31. The summed E-state index contributed by atoms with van der Waals surface area (Å²) in [7, 11) is 1.72. The van der Waals surface area contributed by atoms with E-state index in [0.717, 1.165) is 22.8 Å². The lowest BCUT2D eigenvalue weighted by molar-refractivity contribution is 0.626. The number of hydrogen-bond donors (Lipinski definition) is 3. The minimum absolute atomic E-state index is 0.229. The minimum Gasteiger partial charge on any atom is -0.360 e. The van der Waals surface area contributed by atoms with Gasteiger partial charge >= 0.3 is 0 Å². The first-order valence-corrected chi connectivity index (χ1v) is 8.84. The highest BCUT2D eigenvalue weighted by molar-refractivity contribution is 7.22. The van der Waals surface area contributed by atoms with Crippen LogP contribution in [0.25, 0.3) is 10.2 Å². The number of nitrogens with one attached hydrogen (secondary N) is 3. The summed E-state index contributed by atoms with van der Waals surface area (Å²) in [4.78, 5) is 8.72. The molecule has 0 radical (unpaired) electrons. The summed E-state index contributed by atoms with van der Waals surface area (Å²) < 4.78 is 14.1. The lowest BCUT2D eigenvalue weighted by Gasteiger charge is -2.12. The maximum absolute atomic E-state index is 12.9. The van der Waals surface area contributed by atoms with Crippen LogP contribution < -0.4 is 16.0 Å². The summed E-state index contributed by atoms with van der Waals surface area (Å²) in [5.41, 5.74) is 2.01. The predicted molar refractivity (Wildman–Crippen MR) is 103 cm³/mol. The molecular formula is C18H20FN5S. The number of halogens is 1. The molecule has 0 bridgehead atoms. The van der Waals surface area contributed by atoms with Gasteiger partial charge in [-0.15, -0.1) is 0 Å². The number of guanidine groups is 1. The van der Waals surface area contributed by atoms with Crippen molar-refractivity contribution in [3.05, 3.63) is 59.9 Å². The number of anilines is 1. The van der Waals surface area contributed by atoms with E-state index in [2.05, 4.69) is 32.0 Å². The molecule has 1 aromatic heterocycles. The third-order valence-electron chi connectivity index (χ3n) is 3.58. The number of benzene rings is 2. The van der Waals surface area contributed by atoms with E-state index in [0.29, 0.717) is 19.0 Å². The molecule has 0 fully saturated rings. The van der Waals surface area contributed by atoms with E-state index < -0.39 is 0 Å². The first kappa shape index (κ1) is 17.2. The molecule has 7 heteroatoms. The van der Waals surface area contributed by atoms with Crippen LogP contribution in [-0.2, 0) is 6.54 Å². The van der Waals surface area contributed by atoms with Gasteiger partial charge in [-0.3, -0.25) is 4.99 Å². The highest BCUT2D eigenvalue weighted by Gasteiger charge is 2.02. The van der Waals surface area contributed by atoms with Gasteiger partial charge in [0.15, 0.2) is 11.1 Å². The quantitative estimate of drug-likeness (QED) is 0.360. The fourth-order valence-corrected chi connectivity index (χ4v) is 3.20. The van der Waals surface area contributed by atoms with Crippen molar-refractivity contribution >= 4 is 32.6 Å². The third-order valence-corrected chi connectivity index (χ3v) is 4.58. The number of aromatic nitrogens is 1. The molecule has 2 aromatic carbocycles. The van der Waals surface area contributed by atoms with Crippen LogP contribution >= 0.6 is 11.3 Å². The van der Waals surface area contributed by atoms with Gasteiger partial charge < -0.3 is 16.0 Å². The molecule has 0 aliphatic carbocycles. The zero-order valence-electron chi connectivity index (χ0n) is 13.9. The van der Waals surface area contributed by atoms with Gasteiger partial charge in [-0.25, -0.2) is 9.37 Å². The minimum atomic E-state index is -0.229. The Bertz CT molecular complexity index is 811. The average molecular weight is 357 g/mol. The van der Waals surface area contributed by atoms with E-state index in [9.17, 15) is 4.39 Å². The maximum Gasteiger partial charge on any atom is 0.191 e.